The molecule has 0 aliphatic carbocycles. The minimum absolute atomic E-state index is 0.562. The molecular weight excluding hydrogens is 132 g/mol. The van der Waals surface area contributed by atoms with Gasteiger partial charge in [0.25, 0.3) is 5.91 Å². The molecule has 10 heavy (non-hydrogen) atoms. The summed E-state index contributed by atoms with van der Waals surface area (Å²) >= 11 is 0. The number of hydrogen-bond acceptors (Lipinski definition) is 4. The lowest BCUT2D eigenvalue weighted by Gasteiger charge is -2.26. The first-order valence-electron chi connectivity index (χ1n) is 3.10. The summed E-state index contributed by atoms with van der Waals surface area (Å²) in [4.78, 5) is 0. The van der Waals surface area contributed by atoms with E-state index in [0.29, 0.717) is 6.61 Å². The van der Waals surface area contributed by atoms with Gasteiger partial charge < -0.3 is 9.47 Å². The maximum absolute atomic E-state index is 5.15. The molecule has 0 saturated heterocycles. The monoisotopic (exact) mass is 146 g/mol. The van der Waals surface area contributed by atoms with E-state index in [-0.39, 0.29) is 0 Å². The van der Waals surface area contributed by atoms with Gasteiger partial charge in [-0.3, -0.25) is 5.43 Å². The molecule has 0 heterocycles. The quantitative estimate of drug-likeness (QED) is 0.350. The van der Waals surface area contributed by atoms with Crippen LogP contribution in [0.15, 0.2) is 5.10 Å². The average molecular weight is 146 g/mol. The number of nitrogens with one attached hydrogen (secondary N) is 1. The highest BCUT2D eigenvalue weighted by atomic mass is 16.7. The Morgan fingerprint density at radius 3 is 2.60 bits per heavy atom. The van der Waals surface area contributed by atoms with E-state index < -0.39 is 5.91 Å². The van der Waals surface area contributed by atoms with Gasteiger partial charge in [0.15, 0.2) is 0 Å². The van der Waals surface area contributed by atoms with Crippen molar-refractivity contribution in [1.82, 2.24) is 5.43 Å². The van der Waals surface area contributed by atoms with Crippen molar-refractivity contribution in [3.63, 3.8) is 0 Å². The van der Waals surface area contributed by atoms with Gasteiger partial charge in [-0.2, -0.15) is 5.10 Å². The Bertz CT molecular complexity index is 108. The van der Waals surface area contributed by atoms with E-state index in [2.05, 4.69) is 17.2 Å². The Balaban J connectivity index is 3.80. The van der Waals surface area contributed by atoms with E-state index in [4.69, 9.17) is 9.47 Å². The van der Waals surface area contributed by atoms with Gasteiger partial charge in [0.1, 0.15) is 0 Å². The highest BCUT2D eigenvalue weighted by molar-refractivity contribution is 5.22. The van der Waals surface area contributed by atoms with Crippen LogP contribution >= 0.6 is 0 Å². The van der Waals surface area contributed by atoms with E-state index in [9.17, 15) is 0 Å². The second kappa shape index (κ2) is 4.24. The lowest BCUT2D eigenvalue weighted by Crippen LogP contribution is -2.43. The fourth-order valence-electron chi connectivity index (χ4n) is 0.556. The molecule has 4 heteroatoms. The normalized spacial score (nSPS) is 15.9. The molecule has 0 saturated carbocycles. The van der Waals surface area contributed by atoms with Crippen molar-refractivity contribution in [2.24, 2.45) is 5.10 Å². The third kappa shape index (κ3) is 2.80. The van der Waals surface area contributed by atoms with Gasteiger partial charge in [-0.25, -0.2) is 0 Å². The maximum Gasteiger partial charge on any atom is 0.260 e. The van der Waals surface area contributed by atoms with Crippen LogP contribution < -0.4 is 5.43 Å². The number of nitrogens with zero attached hydrogens (tertiary/aromatic N) is 1. The minimum Gasteiger partial charge on any atom is -0.335 e. The Morgan fingerprint density at radius 2 is 2.30 bits per heavy atom. The number of ether oxygens (including phenoxy) is 2. The van der Waals surface area contributed by atoms with Crippen molar-refractivity contribution >= 4 is 6.72 Å². The Morgan fingerprint density at radius 1 is 1.70 bits per heavy atom. The van der Waals surface area contributed by atoms with E-state index >= 15 is 0 Å². The summed E-state index contributed by atoms with van der Waals surface area (Å²) in [5.41, 5.74) is 2.58. The van der Waals surface area contributed by atoms with Gasteiger partial charge in [0, 0.05) is 27.4 Å². The molecule has 1 N–H and O–H groups in total. The number of hydrogen-bond donors (Lipinski definition) is 1. The molecule has 1 atom stereocenters. The zero-order chi connectivity index (χ0) is 8.04. The number of methoxy groups -OCH3 is 1. The molecule has 0 rings (SSSR count). The molecule has 4 nitrogen and oxygen atoms in total. The molecule has 0 aromatic rings. The molecule has 0 amide bonds. The third-order valence-electron chi connectivity index (χ3n) is 1.09. The first kappa shape index (κ1) is 9.39. The topological polar surface area (TPSA) is 42.9 Å². The van der Waals surface area contributed by atoms with E-state index in [1.807, 2.05) is 6.92 Å². The van der Waals surface area contributed by atoms with Crippen molar-refractivity contribution in [3.05, 3.63) is 0 Å². The lowest BCUT2D eigenvalue weighted by molar-refractivity contribution is -0.227. The van der Waals surface area contributed by atoms with Crippen molar-refractivity contribution in [3.8, 4) is 0 Å². The lowest BCUT2D eigenvalue weighted by atomic mass is 10.6. The van der Waals surface area contributed by atoms with Gasteiger partial charge in [-0.1, -0.05) is 0 Å². The smallest absolute Gasteiger partial charge is 0.260 e. The van der Waals surface area contributed by atoms with Crippen LogP contribution in [0.1, 0.15) is 13.8 Å². The molecule has 0 radical (unpaired) electrons. The predicted octanol–water partition coefficient (Wildman–Crippen LogP) is 0.548. The highest BCUT2D eigenvalue weighted by Gasteiger charge is 2.21. The van der Waals surface area contributed by atoms with Gasteiger partial charge in [-0.05, 0) is 6.92 Å². The largest absolute Gasteiger partial charge is 0.335 e. The van der Waals surface area contributed by atoms with Crippen LogP contribution in [-0.4, -0.2) is 26.3 Å². The van der Waals surface area contributed by atoms with E-state index in [1.54, 1.807) is 6.92 Å². The first-order valence-corrected chi connectivity index (χ1v) is 3.10. The average Bonchev–Trinajstić information content (AvgIpc) is 1.89. The summed E-state index contributed by atoms with van der Waals surface area (Å²) < 4.78 is 10.1. The molecule has 0 spiro atoms. The first-order chi connectivity index (χ1) is 4.68. The summed E-state index contributed by atoms with van der Waals surface area (Å²) in [6.45, 7) is 7.42. The van der Waals surface area contributed by atoms with Crippen LogP contribution in [0.5, 0.6) is 0 Å². The van der Waals surface area contributed by atoms with Gasteiger partial charge in [-0.15, -0.1) is 0 Å². The highest BCUT2D eigenvalue weighted by Crippen LogP contribution is 2.05. The summed E-state index contributed by atoms with van der Waals surface area (Å²) in [7, 11) is 1.54. The van der Waals surface area contributed by atoms with Crippen LogP contribution in [0, 0.1) is 0 Å². The van der Waals surface area contributed by atoms with Gasteiger partial charge in [0.05, 0.1) is 0 Å². The number of rotatable bonds is 5. The maximum atomic E-state index is 5.15. The third-order valence-corrected chi connectivity index (χ3v) is 1.09. The standard InChI is InChI=1S/C6H14N2O2/c1-5-10-6(2,9-4)8-7-3/h8H,3,5H2,1-2,4H3. The molecular formula is C6H14N2O2. The molecule has 0 fully saturated rings. The van der Waals surface area contributed by atoms with Crippen molar-refractivity contribution < 1.29 is 9.47 Å². The number of hydrazone groups is 1. The Kier molecular flexibility index (Phi) is 3.99. The predicted molar refractivity (Wildman–Crippen MR) is 39.7 cm³/mol. The van der Waals surface area contributed by atoms with E-state index in [1.165, 1.54) is 7.11 Å². The molecule has 0 aliphatic heterocycles. The molecule has 0 aromatic heterocycles. The van der Waals surface area contributed by atoms with Crippen LogP contribution in [0.2, 0.25) is 0 Å². The molecule has 0 aromatic carbocycles. The summed E-state index contributed by atoms with van der Waals surface area (Å²) in [5.74, 6) is -0.837. The van der Waals surface area contributed by atoms with Crippen LogP contribution in [0.3, 0.4) is 0 Å². The molecule has 0 aliphatic rings. The zero-order valence-corrected chi connectivity index (χ0v) is 6.68. The molecule has 60 valence electrons. The summed E-state index contributed by atoms with van der Waals surface area (Å²) in [6.07, 6.45) is 0. The van der Waals surface area contributed by atoms with Crippen molar-refractivity contribution in [2.75, 3.05) is 13.7 Å². The van der Waals surface area contributed by atoms with E-state index in [0.717, 1.165) is 0 Å². The SMILES string of the molecule is C=NNC(C)(OC)OCC. The summed E-state index contributed by atoms with van der Waals surface area (Å²) in [6, 6.07) is 0. The van der Waals surface area contributed by atoms with Crippen LogP contribution in [0.25, 0.3) is 0 Å². The molecule has 0 bridgehead atoms. The Labute approximate surface area is 61.2 Å². The van der Waals surface area contributed by atoms with Crippen molar-refractivity contribution in [2.45, 2.75) is 19.8 Å². The van der Waals surface area contributed by atoms with Gasteiger partial charge in [0.2, 0.25) is 0 Å². The summed E-state index contributed by atoms with van der Waals surface area (Å²) in [5, 5.41) is 3.45. The van der Waals surface area contributed by atoms with Crippen molar-refractivity contribution in [1.29, 1.82) is 0 Å². The minimum atomic E-state index is -0.837. The van der Waals surface area contributed by atoms with Crippen LogP contribution in [-0.2, 0) is 9.47 Å². The zero-order valence-electron chi connectivity index (χ0n) is 6.68. The second-order valence-electron chi connectivity index (χ2n) is 1.85. The second-order valence-corrected chi connectivity index (χ2v) is 1.85. The van der Waals surface area contributed by atoms with Crippen LogP contribution in [0.4, 0.5) is 0 Å². The fraction of sp³-hybridized carbons (Fsp3) is 0.833. The Hall–Kier alpha value is -0.610. The molecule has 1 unspecified atom stereocenters. The van der Waals surface area contributed by atoms with Gasteiger partial charge >= 0.3 is 0 Å². The fourth-order valence-corrected chi connectivity index (χ4v) is 0.556.